The maximum atomic E-state index is 12.1. The van der Waals surface area contributed by atoms with Gasteiger partial charge in [0.25, 0.3) is 0 Å². The summed E-state index contributed by atoms with van der Waals surface area (Å²) in [5, 5.41) is 8.47. The van der Waals surface area contributed by atoms with Crippen molar-refractivity contribution in [1.82, 2.24) is 0 Å². The lowest BCUT2D eigenvalue weighted by Gasteiger charge is -2.29. The van der Waals surface area contributed by atoms with Crippen molar-refractivity contribution in [1.29, 1.82) is 0 Å². The van der Waals surface area contributed by atoms with Crippen molar-refractivity contribution in [3.8, 4) is 0 Å². The number of hydrogen-bond acceptors (Lipinski definition) is 7. The van der Waals surface area contributed by atoms with E-state index in [9.17, 15) is 19.2 Å². The monoisotopic (exact) mass is 454 g/mol. The minimum atomic E-state index is -0.959. The van der Waals surface area contributed by atoms with Gasteiger partial charge in [0.1, 0.15) is 18.3 Å². The third-order valence-electron chi connectivity index (χ3n) is 7.30. The summed E-state index contributed by atoms with van der Waals surface area (Å²) in [5.74, 6) is -0.844. The predicted molar refractivity (Wildman–Crippen MR) is 115 cm³/mol. The molecule has 0 aromatic rings. The molecule has 1 saturated heterocycles. The number of carboxylic acid groups (broad SMARTS) is 1. The van der Waals surface area contributed by atoms with Gasteiger partial charge in [-0.3, -0.25) is 19.2 Å². The molecule has 0 radical (unpaired) electrons. The summed E-state index contributed by atoms with van der Waals surface area (Å²) in [7, 11) is 0. The van der Waals surface area contributed by atoms with E-state index < -0.39 is 22.9 Å². The zero-order valence-electron chi connectivity index (χ0n) is 20.3. The number of fused-ring (bicyclic) bond motifs is 1. The van der Waals surface area contributed by atoms with Crippen molar-refractivity contribution in [3.63, 3.8) is 0 Å². The van der Waals surface area contributed by atoms with Crippen LogP contribution in [0.1, 0.15) is 80.6 Å². The molecule has 3 aliphatic rings. The maximum Gasteiger partial charge on any atom is 0.311 e. The van der Waals surface area contributed by atoms with Gasteiger partial charge in [0.15, 0.2) is 0 Å². The number of carbonyl (C=O) groups excluding carboxylic acids is 3. The summed E-state index contributed by atoms with van der Waals surface area (Å²) in [4.78, 5) is 45.5. The highest BCUT2D eigenvalue weighted by Crippen LogP contribution is 2.55. The molecule has 2 aliphatic carbocycles. The largest absolute Gasteiger partial charge is 0.481 e. The second-order valence-corrected chi connectivity index (χ2v) is 10.6. The molecule has 8 nitrogen and oxygen atoms in total. The average molecular weight is 455 g/mol. The normalized spacial score (nSPS) is 29.0. The summed E-state index contributed by atoms with van der Waals surface area (Å²) in [5.41, 5.74) is -0.989. The van der Waals surface area contributed by atoms with E-state index >= 15 is 0 Å². The summed E-state index contributed by atoms with van der Waals surface area (Å²) in [6.07, 6.45) is 2.16. The Morgan fingerprint density at radius 1 is 1.06 bits per heavy atom. The highest BCUT2D eigenvalue weighted by molar-refractivity contribution is 5.78. The topological polar surface area (TPSA) is 116 Å². The molecule has 6 unspecified atom stereocenters. The number of ether oxygens (including phenoxy) is 3. The third-order valence-corrected chi connectivity index (χ3v) is 7.30. The highest BCUT2D eigenvalue weighted by atomic mass is 16.6. The fourth-order valence-electron chi connectivity index (χ4n) is 4.27. The van der Waals surface area contributed by atoms with Crippen LogP contribution >= 0.6 is 0 Å². The van der Waals surface area contributed by atoms with E-state index in [-0.39, 0.29) is 42.5 Å². The van der Waals surface area contributed by atoms with Gasteiger partial charge in [0, 0.05) is 11.8 Å². The minimum absolute atomic E-state index is 0.0779. The molecule has 3 fully saturated rings. The van der Waals surface area contributed by atoms with Crippen molar-refractivity contribution < 1.29 is 38.5 Å². The molecule has 1 heterocycles. The first-order valence-corrected chi connectivity index (χ1v) is 11.6. The average Bonchev–Trinajstić information content (AvgIpc) is 3.32. The molecule has 2 bridgehead atoms. The summed E-state index contributed by atoms with van der Waals surface area (Å²) < 4.78 is 16.0. The van der Waals surface area contributed by atoms with Crippen LogP contribution in [0.3, 0.4) is 0 Å². The zero-order valence-corrected chi connectivity index (χ0v) is 20.3. The van der Waals surface area contributed by atoms with E-state index in [1.54, 1.807) is 20.8 Å². The van der Waals surface area contributed by atoms with Crippen LogP contribution in [-0.2, 0) is 33.4 Å². The molecular weight excluding hydrogens is 416 g/mol. The fourth-order valence-corrected chi connectivity index (χ4v) is 4.27. The summed E-state index contributed by atoms with van der Waals surface area (Å²) in [6, 6.07) is 0. The number of carboxylic acids is 1. The molecule has 0 amide bonds. The second-order valence-electron chi connectivity index (χ2n) is 10.6. The lowest BCUT2D eigenvalue weighted by molar-refractivity contribution is -0.170. The molecule has 1 aliphatic heterocycles. The lowest BCUT2D eigenvalue weighted by Crippen LogP contribution is -2.39. The van der Waals surface area contributed by atoms with E-state index in [2.05, 4.69) is 0 Å². The standard InChI is InChI=1S/C14H20O4.C10H18O4/c1-4-14(2,3)13(16)18-10-7-5-8-9(6-7)12(15)17-11(8)10;1-5-10(3,4)9(13)14-7(2)6-8(11)12/h7-11H,4-6H2,1-3H3;7H,5-6H2,1-4H3,(H,11,12). The Morgan fingerprint density at radius 3 is 2.16 bits per heavy atom. The Hall–Kier alpha value is -2.12. The van der Waals surface area contributed by atoms with Crippen molar-refractivity contribution in [2.75, 3.05) is 0 Å². The first-order chi connectivity index (χ1) is 14.7. The Labute approximate surface area is 190 Å². The summed E-state index contributed by atoms with van der Waals surface area (Å²) >= 11 is 0. The van der Waals surface area contributed by atoms with Crippen molar-refractivity contribution in [2.24, 2.45) is 28.6 Å². The van der Waals surface area contributed by atoms with Crippen LogP contribution in [0.15, 0.2) is 0 Å². The minimum Gasteiger partial charge on any atom is -0.481 e. The molecular formula is C24H38O8. The zero-order chi connectivity index (χ0) is 24.4. The first-order valence-electron chi connectivity index (χ1n) is 11.6. The van der Waals surface area contributed by atoms with Crippen molar-refractivity contribution >= 4 is 23.9 Å². The lowest BCUT2D eigenvalue weighted by atomic mass is 9.87. The predicted octanol–water partition coefficient (Wildman–Crippen LogP) is 3.74. The van der Waals surface area contributed by atoms with E-state index in [1.165, 1.54) is 0 Å². The number of carbonyl (C=O) groups is 4. The summed E-state index contributed by atoms with van der Waals surface area (Å²) in [6.45, 7) is 12.8. The molecule has 1 N–H and O–H groups in total. The van der Waals surface area contributed by atoms with Crippen LogP contribution in [0.4, 0.5) is 0 Å². The van der Waals surface area contributed by atoms with Gasteiger partial charge in [0.2, 0.25) is 0 Å². The van der Waals surface area contributed by atoms with Gasteiger partial charge in [-0.25, -0.2) is 0 Å². The van der Waals surface area contributed by atoms with E-state index in [1.807, 2.05) is 27.7 Å². The Bertz CT molecular complexity index is 740. The van der Waals surface area contributed by atoms with Crippen LogP contribution in [0.25, 0.3) is 0 Å². The van der Waals surface area contributed by atoms with E-state index in [0.717, 1.165) is 19.3 Å². The van der Waals surface area contributed by atoms with Crippen LogP contribution in [0.2, 0.25) is 0 Å². The number of aliphatic carboxylic acids is 1. The van der Waals surface area contributed by atoms with E-state index in [4.69, 9.17) is 19.3 Å². The SMILES string of the molecule is CCC(C)(C)C(=O)OC(C)CC(=O)O.CCC(C)(C)C(=O)OC1C2CC3C(=O)OC1C3C2. The molecule has 3 rings (SSSR count). The van der Waals surface area contributed by atoms with Crippen molar-refractivity contribution in [3.05, 3.63) is 0 Å². The second kappa shape index (κ2) is 9.79. The highest BCUT2D eigenvalue weighted by Gasteiger charge is 2.63. The smallest absolute Gasteiger partial charge is 0.311 e. The van der Waals surface area contributed by atoms with Gasteiger partial charge in [-0.05, 0) is 60.3 Å². The van der Waals surface area contributed by atoms with Gasteiger partial charge < -0.3 is 19.3 Å². The Kier molecular flexibility index (Phi) is 8.00. The molecule has 0 aromatic heterocycles. The Balaban J connectivity index is 0.000000237. The molecule has 182 valence electrons. The number of rotatable bonds is 8. The maximum absolute atomic E-state index is 12.1. The molecule has 2 saturated carbocycles. The van der Waals surface area contributed by atoms with Gasteiger partial charge in [0.05, 0.1) is 23.2 Å². The quantitative estimate of drug-likeness (QED) is 0.435. The third kappa shape index (κ3) is 5.62. The van der Waals surface area contributed by atoms with Crippen LogP contribution in [0.5, 0.6) is 0 Å². The van der Waals surface area contributed by atoms with Crippen molar-refractivity contribution in [2.45, 2.75) is 98.9 Å². The fraction of sp³-hybridized carbons (Fsp3) is 0.833. The molecule has 32 heavy (non-hydrogen) atoms. The molecule has 0 aromatic carbocycles. The van der Waals surface area contributed by atoms with Gasteiger partial charge in [-0.1, -0.05) is 13.8 Å². The van der Waals surface area contributed by atoms with Gasteiger partial charge in [-0.15, -0.1) is 0 Å². The molecule has 0 spiro atoms. The van der Waals surface area contributed by atoms with Crippen LogP contribution in [-0.4, -0.2) is 47.3 Å². The van der Waals surface area contributed by atoms with Gasteiger partial charge >= 0.3 is 23.9 Å². The van der Waals surface area contributed by atoms with Gasteiger partial charge in [-0.2, -0.15) is 0 Å². The Morgan fingerprint density at radius 2 is 1.62 bits per heavy atom. The number of hydrogen-bond donors (Lipinski definition) is 1. The van der Waals surface area contributed by atoms with Crippen LogP contribution in [0, 0.1) is 28.6 Å². The van der Waals surface area contributed by atoms with E-state index in [0.29, 0.717) is 18.3 Å². The molecule has 8 heteroatoms. The molecule has 6 atom stereocenters. The van der Waals surface area contributed by atoms with Crippen LogP contribution < -0.4 is 0 Å². The number of esters is 3. The first kappa shape index (κ1) is 26.1.